The zero-order chi connectivity index (χ0) is 14.0. The molecule has 1 aliphatic rings. The Morgan fingerprint density at radius 1 is 1.37 bits per heavy atom. The van der Waals surface area contributed by atoms with Crippen molar-refractivity contribution in [2.75, 3.05) is 30.9 Å². The summed E-state index contributed by atoms with van der Waals surface area (Å²) in [6, 6.07) is 1.67. The second-order valence-electron chi connectivity index (χ2n) is 5.16. The van der Waals surface area contributed by atoms with E-state index < -0.39 is 5.60 Å². The number of nitrogens with zero attached hydrogens (tertiary/aromatic N) is 2. The predicted molar refractivity (Wildman–Crippen MR) is 80.5 cm³/mol. The molecule has 0 amide bonds. The number of hydrogen-bond acceptors (Lipinski definition) is 4. The quantitative estimate of drug-likeness (QED) is 0.897. The largest absolute Gasteiger partial charge is 0.388 e. The van der Waals surface area contributed by atoms with Crippen molar-refractivity contribution in [3.63, 3.8) is 0 Å². The van der Waals surface area contributed by atoms with Crippen molar-refractivity contribution in [2.45, 2.75) is 31.3 Å². The summed E-state index contributed by atoms with van der Waals surface area (Å²) in [5, 5.41) is 14.4. The molecule has 19 heavy (non-hydrogen) atoms. The van der Waals surface area contributed by atoms with Crippen molar-refractivity contribution in [3.8, 4) is 0 Å². The first-order chi connectivity index (χ1) is 8.95. The summed E-state index contributed by atoms with van der Waals surface area (Å²) in [5.41, 5.74) is -0.626. The van der Waals surface area contributed by atoms with Gasteiger partial charge in [-0.1, -0.05) is 36.0 Å². The Morgan fingerprint density at radius 2 is 2.00 bits per heavy atom. The number of rotatable bonds is 4. The van der Waals surface area contributed by atoms with E-state index in [1.54, 1.807) is 13.1 Å². The maximum Gasteiger partial charge on any atom is 0.149 e. The van der Waals surface area contributed by atoms with Crippen molar-refractivity contribution in [2.24, 2.45) is 0 Å². The Morgan fingerprint density at radius 3 is 2.58 bits per heavy atom. The molecule has 0 atom stereocenters. The lowest BCUT2D eigenvalue weighted by atomic mass is 10.0. The normalized spacial score (nSPS) is 17.5. The second kappa shape index (κ2) is 5.73. The van der Waals surface area contributed by atoms with Gasteiger partial charge in [-0.15, -0.1) is 0 Å². The van der Waals surface area contributed by atoms with Crippen molar-refractivity contribution in [1.29, 1.82) is 0 Å². The molecule has 0 spiro atoms. The van der Waals surface area contributed by atoms with Crippen LogP contribution in [0.15, 0.2) is 6.07 Å². The highest BCUT2D eigenvalue weighted by atomic mass is 35.5. The molecule has 2 rings (SSSR count). The molecular weight excluding hydrogens is 285 g/mol. The third-order valence-corrected chi connectivity index (χ3v) is 4.14. The van der Waals surface area contributed by atoms with E-state index in [1.165, 1.54) is 0 Å². The molecule has 0 radical (unpaired) electrons. The molecule has 1 aliphatic carbocycles. The molecule has 0 bridgehead atoms. The number of aliphatic hydroxyl groups is 1. The minimum Gasteiger partial charge on any atom is -0.388 e. The van der Waals surface area contributed by atoms with Gasteiger partial charge >= 0.3 is 0 Å². The molecule has 0 aliphatic heterocycles. The minimum absolute atomic E-state index is 0.490. The molecule has 0 saturated heterocycles. The first-order valence-corrected chi connectivity index (χ1v) is 7.18. The van der Waals surface area contributed by atoms with Gasteiger partial charge in [0.25, 0.3) is 0 Å². The van der Waals surface area contributed by atoms with Crippen LogP contribution in [0.2, 0.25) is 10.0 Å². The maximum atomic E-state index is 10.4. The van der Waals surface area contributed by atoms with Gasteiger partial charge in [-0.25, -0.2) is 4.98 Å². The molecule has 0 aromatic carbocycles. The van der Waals surface area contributed by atoms with Crippen LogP contribution in [0.5, 0.6) is 0 Å². The van der Waals surface area contributed by atoms with Crippen LogP contribution in [-0.4, -0.2) is 36.3 Å². The van der Waals surface area contributed by atoms with Crippen LogP contribution >= 0.6 is 23.2 Å². The van der Waals surface area contributed by atoms with Crippen molar-refractivity contribution in [1.82, 2.24) is 4.98 Å². The summed E-state index contributed by atoms with van der Waals surface area (Å²) in [4.78, 5) is 6.30. The van der Waals surface area contributed by atoms with Crippen LogP contribution in [-0.2, 0) is 0 Å². The average Bonchev–Trinajstić information content (AvgIpc) is 2.75. The van der Waals surface area contributed by atoms with Crippen LogP contribution in [0, 0.1) is 0 Å². The lowest BCUT2D eigenvalue weighted by Gasteiger charge is -2.30. The van der Waals surface area contributed by atoms with Crippen LogP contribution < -0.4 is 10.2 Å². The molecule has 1 aromatic heterocycles. The smallest absolute Gasteiger partial charge is 0.149 e. The first-order valence-electron chi connectivity index (χ1n) is 6.42. The fourth-order valence-electron chi connectivity index (χ4n) is 2.61. The Hall–Kier alpha value is -0.710. The topological polar surface area (TPSA) is 48.4 Å². The summed E-state index contributed by atoms with van der Waals surface area (Å²) in [6.45, 7) is 0.532. The van der Waals surface area contributed by atoms with E-state index in [-0.39, 0.29) is 0 Å². The fourth-order valence-corrected chi connectivity index (χ4v) is 3.20. The highest BCUT2D eigenvalue weighted by Gasteiger charge is 2.33. The zero-order valence-corrected chi connectivity index (χ0v) is 12.7. The zero-order valence-electron chi connectivity index (χ0n) is 11.2. The number of aromatic nitrogens is 1. The van der Waals surface area contributed by atoms with Gasteiger partial charge in [0.1, 0.15) is 11.6 Å². The lowest BCUT2D eigenvalue weighted by molar-refractivity contribution is 0.0558. The third-order valence-electron chi connectivity index (χ3n) is 3.58. The van der Waals surface area contributed by atoms with E-state index in [4.69, 9.17) is 23.2 Å². The summed E-state index contributed by atoms with van der Waals surface area (Å²) >= 11 is 12.2. The number of pyridine rings is 1. The first kappa shape index (κ1) is 14.7. The molecule has 1 saturated carbocycles. The van der Waals surface area contributed by atoms with Crippen LogP contribution in [0.3, 0.4) is 0 Å². The monoisotopic (exact) mass is 303 g/mol. The molecule has 4 nitrogen and oxygen atoms in total. The van der Waals surface area contributed by atoms with E-state index in [0.29, 0.717) is 28.2 Å². The standard InChI is InChI=1S/C13H19Cl2N3O/c1-16-11-9(14)7-10(15)12(17-11)18(2)8-13(19)5-3-4-6-13/h7,19H,3-6,8H2,1-2H3,(H,16,17). The molecule has 2 N–H and O–H groups in total. The highest BCUT2D eigenvalue weighted by Crippen LogP contribution is 2.34. The number of hydrogen-bond donors (Lipinski definition) is 2. The summed E-state index contributed by atoms with van der Waals surface area (Å²) in [7, 11) is 3.65. The van der Waals surface area contributed by atoms with Gasteiger partial charge in [0.05, 0.1) is 15.6 Å². The summed E-state index contributed by atoms with van der Waals surface area (Å²) in [6.07, 6.45) is 3.82. The third kappa shape index (κ3) is 3.25. The van der Waals surface area contributed by atoms with Gasteiger partial charge in [-0.05, 0) is 18.9 Å². The average molecular weight is 304 g/mol. The Labute approximate surface area is 123 Å². The van der Waals surface area contributed by atoms with Crippen LogP contribution in [0.25, 0.3) is 0 Å². The lowest BCUT2D eigenvalue weighted by Crippen LogP contribution is -2.39. The highest BCUT2D eigenvalue weighted by molar-refractivity contribution is 6.37. The van der Waals surface area contributed by atoms with E-state index in [9.17, 15) is 5.11 Å². The molecular formula is C13H19Cl2N3O. The summed E-state index contributed by atoms with van der Waals surface area (Å²) in [5.74, 6) is 1.22. The van der Waals surface area contributed by atoms with Gasteiger partial charge in [0.15, 0.2) is 0 Å². The maximum absolute atomic E-state index is 10.4. The van der Waals surface area contributed by atoms with E-state index in [1.807, 2.05) is 11.9 Å². The fraction of sp³-hybridized carbons (Fsp3) is 0.615. The van der Waals surface area contributed by atoms with Crippen molar-refractivity contribution < 1.29 is 5.11 Å². The van der Waals surface area contributed by atoms with E-state index in [0.717, 1.165) is 25.7 Å². The van der Waals surface area contributed by atoms with Crippen LogP contribution in [0.4, 0.5) is 11.6 Å². The number of halogens is 2. The molecule has 6 heteroatoms. The number of nitrogens with one attached hydrogen (secondary N) is 1. The van der Waals surface area contributed by atoms with E-state index in [2.05, 4.69) is 10.3 Å². The molecule has 106 valence electrons. The van der Waals surface area contributed by atoms with Gasteiger partial charge in [-0.2, -0.15) is 0 Å². The SMILES string of the molecule is CNc1nc(N(C)CC2(O)CCCC2)c(Cl)cc1Cl. The molecule has 1 aromatic rings. The second-order valence-corrected chi connectivity index (χ2v) is 5.98. The van der Waals surface area contributed by atoms with Gasteiger partial charge < -0.3 is 15.3 Å². The van der Waals surface area contributed by atoms with Crippen molar-refractivity contribution in [3.05, 3.63) is 16.1 Å². The Kier molecular flexibility index (Phi) is 4.43. The van der Waals surface area contributed by atoms with E-state index >= 15 is 0 Å². The minimum atomic E-state index is -0.626. The van der Waals surface area contributed by atoms with Crippen LogP contribution in [0.1, 0.15) is 25.7 Å². The Balaban J connectivity index is 2.20. The molecule has 1 fully saturated rings. The van der Waals surface area contributed by atoms with Gasteiger partial charge in [0, 0.05) is 20.6 Å². The number of anilines is 2. The summed E-state index contributed by atoms with van der Waals surface area (Å²) < 4.78 is 0. The predicted octanol–water partition coefficient (Wildman–Crippen LogP) is 3.17. The van der Waals surface area contributed by atoms with Crippen molar-refractivity contribution >= 4 is 34.8 Å². The van der Waals surface area contributed by atoms with Gasteiger partial charge in [-0.3, -0.25) is 0 Å². The van der Waals surface area contributed by atoms with Gasteiger partial charge in [0.2, 0.25) is 0 Å². The molecule has 0 unspecified atom stereocenters. The number of likely N-dealkylation sites (N-methyl/N-ethyl adjacent to an activating group) is 1. The molecule has 1 heterocycles. The Bertz CT molecular complexity index is 461.